The Labute approximate surface area is 158 Å². The fourth-order valence-corrected chi connectivity index (χ4v) is 3.36. The molecule has 1 saturated heterocycles. The lowest BCUT2D eigenvalue weighted by Gasteiger charge is -2.33. The molecule has 1 aromatic rings. The first-order chi connectivity index (χ1) is 12.5. The Morgan fingerprint density at radius 3 is 2.58 bits per heavy atom. The van der Waals surface area contributed by atoms with E-state index >= 15 is 0 Å². The summed E-state index contributed by atoms with van der Waals surface area (Å²) >= 11 is 0. The number of ether oxygens (including phenoxy) is 1. The molecule has 1 unspecified atom stereocenters. The number of carbonyl (C=O) groups is 1. The summed E-state index contributed by atoms with van der Waals surface area (Å²) in [4.78, 5) is 17.2. The number of nitrogens with one attached hydrogen (secondary N) is 1. The van der Waals surface area contributed by atoms with E-state index in [2.05, 4.69) is 54.9 Å². The molecule has 0 saturated carbocycles. The van der Waals surface area contributed by atoms with E-state index in [1.165, 1.54) is 5.56 Å². The summed E-state index contributed by atoms with van der Waals surface area (Å²) in [6, 6.07) is 7.94. The SMILES string of the molecule is CCN(CC)Cc1ccc(C(=O)NCC2CN(CC(C)C)CCO2)cc1. The van der Waals surface area contributed by atoms with Gasteiger partial charge in [0.1, 0.15) is 0 Å². The molecule has 1 amide bonds. The number of amides is 1. The number of rotatable bonds is 9. The van der Waals surface area contributed by atoms with Crippen molar-refractivity contribution in [1.29, 1.82) is 0 Å². The van der Waals surface area contributed by atoms with Crippen molar-refractivity contribution in [3.05, 3.63) is 35.4 Å². The van der Waals surface area contributed by atoms with E-state index in [-0.39, 0.29) is 12.0 Å². The summed E-state index contributed by atoms with van der Waals surface area (Å²) in [6.45, 7) is 16.1. The molecule has 5 heteroatoms. The van der Waals surface area contributed by atoms with Crippen LogP contribution in [-0.4, -0.2) is 67.7 Å². The molecule has 1 aromatic carbocycles. The molecule has 0 radical (unpaired) electrons. The third-order valence-electron chi connectivity index (χ3n) is 4.85. The fourth-order valence-electron chi connectivity index (χ4n) is 3.36. The van der Waals surface area contributed by atoms with E-state index in [9.17, 15) is 4.79 Å². The first-order valence-electron chi connectivity index (χ1n) is 9.95. The van der Waals surface area contributed by atoms with Crippen LogP contribution in [0.3, 0.4) is 0 Å². The standard InChI is InChI=1S/C21H35N3O2/c1-5-23(6-2)15-18-7-9-19(10-8-18)21(25)22-13-20-16-24(11-12-26-20)14-17(3)4/h7-10,17,20H,5-6,11-16H2,1-4H3,(H,22,25). The molecule has 1 aliphatic rings. The highest BCUT2D eigenvalue weighted by Gasteiger charge is 2.21. The van der Waals surface area contributed by atoms with Gasteiger partial charge in [-0.3, -0.25) is 14.6 Å². The summed E-state index contributed by atoms with van der Waals surface area (Å²) in [5, 5.41) is 3.02. The number of nitrogens with zero attached hydrogens (tertiary/aromatic N) is 2. The molecule has 1 atom stereocenters. The van der Waals surface area contributed by atoms with Crippen molar-refractivity contribution in [3.63, 3.8) is 0 Å². The number of morpholine rings is 1. The Morgan fingerprint density at radius 2 is 1.96 bits per heavy atom. The van der Waals surface area contributed by atoms with Gasteiger partial charge in [-0.2, -0.15) is 0 Å². The quantitative estimate of drug-likeness (QED) is 0.734. The molecular weight excluding hydrogens is 326 g/mol. The molecule has 1 N–H and O–H groups in total. The van der Waals surface area contributed by atoms with Crippen molar-refractivity contribution in [1.82, 2.24) is 15.1 Å². The van der Waals surface area contributed by atoms with Crippen LogP contribution in [0.15, 0.2) is 24.3 Å². The van der Waals surface area contributed by atoms with Gasteiger partial charge in [0.25, 0.3) is 5.91 Å². The van der Waals surface area contributed by atoms with E-state index in [0.29, 0.717) is 18.0 Å². The van der Waals surface area contributed by atoms with Crippen LogP contribution in [0.4, 0.5) is 0 Å². The smallest absolute Gasteiger partial charge is 0.251 e. The predicted molar refractivity (Wildman–Crippen MR) is 106 cm³/mol. The van der Waals surface area contributed by atoms with Crippen LogP contribution >= 0.6 is 0 Å². The number of benzene rings is 1. The van der Waals surface area contributed by atoms with Crippen molar-refractivity contribution in [2.45, 2.75) is 40.3 Å². The van der Waals surface area contributed by atoms with Gasteiger partial charge in [-0.25, -0.2) is 0 Å². The first-order valence-corrected chi connectivity index (χ1v) is 9.95. The van der Waals surface area contributed by atoms with Crippen LogP contribution in [0.1, 0.15) is 43.6 Å². The van der Waals surface area contributed by atoms with Gasteiger partial charge in [0, 0.05) is 38.3 Å². The highest BCUT2D eigenvalue weighted by atomic mass is 16.5. The first kappa shape index (κ1) is 20.9. The number of hydrogen-bond donors (Lipinski definition) is 1. The van der Waals surface area contributed by atoms with Crippen molar-refractivity contribution in [2.24, 2.45) is 5.92 Å². The van der Waals surface area contributed by atoms with E-state index in [1.807, 2.05) is 12.1 Å². The van der Waals surface area contributed by atoms with E-state index in [1.54, 1.807) is 0 Å². The van der Waals surface area contributed by atoms with Crippen molar-refractivity contribution in [2.75, 3.05) is 45.9 Å². The minimum Gasteiger partial charge on any atom is -0.374 e. The molecule has 0 aromatic heterocycles. The van der Waals surface area contributed by atoms with Gasteiger partial charge in [-0.1, -0.05) is 39.8 Å². The van der Waals surface area contributed by atoms with Crippen LogP contribution in [0.2, 0.25) is 0 Å². The van der Waals surface area contributed by atoms with Gasteiger partial charge < -0.3 is 10.1 Å². The Kier molecular flexibility index (Phi) is 8.55. The van der Waals surface area contributed by atoms with Crippen molar-refractivity contribution in [3.8, 4) is 0 Å². The molecule has 2 rings (SSSR count). The van der Waals surface area contributed by atoms with Gasteiger partial charge >= 0.3 is 0 Å². The van der Waals surface area contributed by atoms with Gasteiger partial charge in [0.05, 0.1) is 12.7 Å². The minimum absolute atomic E-state index is 0.0241. The van der Waals surface area contributed by atoms with Gasteiger partial charge in [-0.15, -0.1) is 0 Å². The summed E-state index contributed by atoms with van der Waals surface area (Å²) in [6.07, 6.45) is 0.0772. The van der Waals surface area contributed by atoms with Gasteiger partial charge in [0.15, 0.2) is 0 Å². The lowest BCUT2D eigenvalue weighted by Crippen LogP contribution is -2.48. The molecule has 1 fully saturated rings. The topological polar surface area (TPSA) is 44.8 Å². The largest absolute Gasteiger partial charge is 0.374 e. The second-order valence-corrected chi connectivity index (χ2v) is 7.51. The van der Waals surface area contributed by atoms with Crippen LogP contribution < -0.4 is 5.32 Å². The highest BCUT2D eigenvalue weighted by Crippen LogP contribution is 2.10. The summed E-state index contributed by atoms with van der Waals surface area (Å²) in [5.74, 6) is 0.627. The van der Waals surface area contributed by atoms with Crippen molar-refractivity contribution >= 4 is 5.91 Å². The maximum Gasteiger partial charge on any atom is 0.251 e. The summed E-state index contributed by atoms with van der Waals surface area (Å²) in [5.41, 5.74) is 1.95. The Bertz CT molecular complexity index is 541. The number of carbonyl (C=O) groups excluding carboxylic acids is 1. The van der Waals surface area contributed by atoms with E-state index in [0.717, 1.165) is 45.9 Å². The third kappa shape index (κ3) is 6.71. The minimum atomic E-state index is -0.0241. The molecule has 0 aliphatic carbocycles. The van der Waals surface area contributed by atoms with E-state index in [4.69, 9.17) is 4.74 Å². The van der Waals surface area contributed by atoms with Crippen LogP contribution in [0.5, 0.6) is 0 Å². The van der Waals surface area contributed by atoms with Crippen LogP contribution in [0, 0.1) is 5.92 Å². The molecule has 0 spiro atoms. The van der Waals surface area contributed by atoms with Gasteiger partial charge in [-0.05, 0) is 36.7 Å². The lowest BCUT2D eigenvalue weighted by atomic mass is 10.1. The second kappa shape index (κ2) is 10.7. The molecule has 146 valence electrons. The Morgan fingerprint density at radius 1 is 1.27 bits per heavy atom. The highest BCUT2D eigenvalue weighted by molar-refractivity contribution is 5.94. The zero-order valence-electron chi connectivity index (χ0n) is 16.8. The molecule has 1 aliphatic heterocycles. The molecular formula is C21H35N3O2. The zero-order chi connectivity index (χ0) is 18.9. The third-order valence-corrected chi connectivity index (χ3v) is 4.85. The fraction of sp³-hybridized carbons (Fsp3) is 0.667. The molecule has 5 nitrogen and oxygen atoms in total. The molecule has 0 bridgehead atoms. The molecule has 1 heterocycles. The van der Waals surface area contributed by atoms with E-state index < -0.39 is 0 Å². The second-order valence-electron chi connectivity index (χ2n) is 7.51. The maximum atomic E-state index is 12.4. The summed E-state index contributed by atoms with van der Waals surface area (Å²) < 4.78 is 5.80. The number of hydrogen-bond acceptors (Lipinski definition) is 4. The summed E-state index contributed by atoms with van der Waals surface area (Å²) in [7, 11) is 0. The Hall–Kier alpha value is -1.43. The predicted octanol–water partition coefficient (Wildman–Crippen LogP) is 2.62. The van der Waals surface area contributed by atoms with Crippen molar-refractivity contribution < 1.29 is 9.53 Å². The van der Waals surface area contributed by atoms with Gasteiger partial charge in [0.2, 0.25) is 0 Å². The molecule has 26 heavy (non-hydrogen) atoms. The monoisotopic (exact) mass is 361 g/mol. The lowest BCUT2D eigenvalue weighted by molar-refractivity contribution is -0.0295. The van der Waals surface area contributed by atoms with Crippen LogP contribution in [-0.2, 0) is 11.3 Å². The average molecular weight is 362 g/mol. The maximum absolute atomic E-state index is 12.4. The average Bonchev–Trinajstić information content (AvgIpc) is 2.64. The normalized spacial score (nSPS) is 18.5. The zero-order valence-corrected chi connectivity index (χ0v) is 16.8. The Balaban J connectivity index is 1.80. The van der Waals surface area contributed by atoms with Crippen LogP contribution in [0.25, 0.3) is 0 Å².